The minimum Gasteiger partial charge on any atom is -0.480 e. The summed E-state index contributed by atoms with van der Waals surface area (Å²) in [5.41, 5.74) is 0. The van der Waals surface area contributed by atoms with E-state index in [0.717, 1.165) is 25.9 Å². The van der Waals surface area contributed by atoms with Crippen molar-refractivity contribution in [1.29, 1.82) is 0 Å². The third kappa shape index (κ3) is 5.47. The summed E-state index contributed by atoms with van der Waals surface area (Å²) in [4.78, 5) is 13.2. The van der Waals surface area contributed by atoms with Crippen LogP contribution in [0.5, 0.6) is 0 Å². The molecule has 94 valence electrons. The van der Waals surface area contributed by atoms with E-state index in [1.165, 1.54) is 12.8 Å². The Hall–Kier alpha value is -0.610. The zero-order valence-electron chi connectivity index (χ0n) is 10.4. The molecule has 16 heavy (non-hydrogen) atoms. The van der Waals surface area contributed by atoms with Crippen LogP contribution in [-0.4, -0.2) is 48.2 Å². The fourth-order valence-corrected chi connectivity index (χ4v) is 1.70. The Morgan fingerprint density at radius 1 is 1.50 bits per heavy atom. The molecule has 0 spiro atoms. The fourth-order valence-electron chi connectivity index (χ4n) is 1.70. The molecule has 0 bridgehead atoms. The van der Waals surface area contributed by atoms with Crippen molar-refractivity contribution in [2.75, 3.05) is 20.1 Å². The summed E-state index contributed by atoms with van der Waals surface area (Å²) in [7, 11) is 2.06. The van der Waals surface area contributed by atoms with Crippen molar-refractivity contribution in [3.05, 3.63) is 0 Å². The third-order valence-corrected chi connectivity index (χ3v) is 3.01. The highest BCUT2D eigenvalue weighted by Crippen LogP contribution is 2.20. The molecule has 0 aromatic rings. The van der Waals surface area contributed by atoms with Crippen molar-refractivity contribution in [1.82, 2.24) is 10.2 Å². The predicted molar refractivity (Wildman–Crippen MR) is 64.6 cm³/mol. The molecule has 0 amide bonds. The Labute approximate surface area is 98.0 Å². The first kappa shape index (κ1) is 13.5. The standard InChI is InChI=1S/C12H24N2O2/c1-3-4-8-14(2)9-7-11(12(15)16)13-10-5-6-10/h10-11,13H,3-9H2,1-2H3,(H,15,16). The molecule has 0 aromatic carbocycles. The molecule has 1 aliphatic rings. The van der Waals surface area contributed by atoms with Gasteiger partial charge in [0.2, 0.25) is 0 Å². The summed E-state index contributed by atoms with van der Waals surface area (Å²) < 4.78 is 0. The average molecular weight is 228 g/mol. The molecule has 0 heterocycles. The number of hydrogen-bond acceptors (Lipinski definition) is 3. The Kier molecular flexibility index (Phi) is 5.77. The number of carbonyl (C=O) groups is 1. The third-order valence-electron chi connectivity index (χ3n) is 3.01. The second-order valence-electron chi connectivity index (χ2n) is 4.78. The lowest BCUT2D eigenvalue weighted by Crippen LogP contribution is -2.40. The smallest absolute Gasteiger partial charge is 0.320 e. The van der Waals surface area contributed by atoms with Crippen LogP contribution < -0.4 is 5.32 Å². The van der Waals surface area contributed by atoms with Crippen LogP contribution in [0.1, 0.15) is 39.0 Å². The zero-order chi connectivity index (χ0) is 12.0. The monoisotopic (exact) mass is 228 g/mol. The van der Waals surface area contributed by atoms with Crippen LogP contribution in [0.4, 0.5) is 0 Å². The molecule has 4 nitrogen and oxygen atoms in total. The van der Waals surface area contributed by atoms with E-state index in [0.29, 0.717) is 12.5 Å². The molecule has 1 atom stereocenters. The van der Waals surface area contributed by atoms with Gasteiger partial charge < -0.3 is 15.3 Å². The van der Waals surface area contributed by atoms with Gasteiger partial charge in [0.05, 0.1) is 0 Å². The number of unbranched alkanes of at least 4 members (excludes halogenated alkanes) is 1. The van der Waals surface area contributed by atoms with Crippen molar-refractivity contribution in [2.45, 2.75) is 51.1 Å². The zero-order valence-corrected chi connectivity index (χ0v) is 10.4. The van der Waals surface area contributed by atoms with E-state index in [2.05, 4.69) is 24.2 Å². The Morgan fingerprint density at radius 2 is 2.19 bits per heavy atom. The molecule has 2 N–H and O–H groups in total. The van der Waals surface area contributed by atoms with Gasteiger partial charge in [-0.15, -0.1) is 0 Å². The summed E-state index contributed by atoms with van der Waals surface area (Å²) in [6, 6.07) is 0.0959. The van der Waals surface area contributed by atoms with Crippen LogP contribution in [0.2, 0.25) is 0 Å². The number of rotatable bonds is 9. The molecule has 1 aliphatic carbocycles. The van der Waals surface area contributed by atoms with Crippen LogP contribution >= 0.6 is 0 Å². The van der Waals surface area contributed by atoms with Crippen molar-refractivity contribution >= 4 is 5.97 Å². The van der Waals surface area contributed by atoms with E-state index in [4.69, 9.17) is 5.11 Å². The number of aliphatic carboxylic acids is 1. The highest BCUT2D eigenvalue weighted by molar-refractivity contribution is 5.73. The Morgan fingerprint density at radius 3 is 2.69 bits per heavy atom. The van der Waals surface area contributed by atoms with Gasteiger partial charge in [0.15, 0.2) is 0 Å². The first-order valence-electron chi connectivity index (χ1n) is 6.31. The SMILES string of the molecule is CCCCN(C)CCC(NC1CC1)C(=O)O. The van der Waals surface area contributed by atoms with E-state index >= 15 is 0 Å². The Balaban J connectivity index is 2.17. The highest BCUT2D eigenvalue weighted by Gasteiger charge is 2.27. The second kappa shape index (κ2) is 6.86. The summed E-state index contributed by atoms with van der Waals surface area (Å²) >= 11 is 0. The van der Waals surface area contributed by atoms with Crippen LogP contribution in [0, 0.1) is 0 Å². The van der Waals surface area contributed by atoms with Gasteiger partial charge in [0.1, 0.15) is 6.04 Å². The lowest BCUT2D eigenvalue weighted by atomic mass is 10.2. The quantitative estimate of drug-likeness (QED) is 0.625. The van der Waals surface area contributed by atoms with Gasteiger partial charge >= 0.3 is 5.97 Å². The van der Waals surface area contributed by atoms with Gasteiger partial charge in [-0.1, -0.05) is 13.3 Å². The number of nitrogens with zero attached hydrogens (tertiary/aromatic N) is 1. The second-order valence-corrected chi connectivity index (χ2v) is 4.78. The van der Waals surface area contributed by atoms with E-state index < -0.39 is 5.97 Å². The molecular formula is C12H24N2O2. The molecular weight excluding hydrogens is 204 g/mol. The minimum absolute atomic E-state index is 0.364. The van der Waals surface area contributed by atoms with Crippen LogP contribution in [0.25, 0.3) is 0 Å². The van der Waals surface area contributed by atoms with Crippen LogP contribution in [0.3, 0.4) is 0 Å². The number of nitrogens with one attached hydrogen (secondary N) is 1. The lowest BCUT2D eigenvalue weighted by molar-refractivity contribution is -0.139. The van der Waals surface area contributed by atoms with Gasteiger partial charge in [-0.3, -0.25) is 4.79 Å². The lowest BCUT2D eigenvalue weighted by Gasteiger charge is -2.19. The van der Waals surface area contributed by atoms with Crippen molar-refractivity contribution in [2.24, 2.45) is 0 Å². The van der Waals surface area contributed by atoms with Crippen LogP contribution in [-0.2, 0) is 4.79 Å². The van der Waals surface area contributed by atoms with Crippen molar-refractivity contribution < 1.29 is 9.90 Å². The van der Waals surface area contributed by atoms with E-state index in [9.17, 15) is 4.79 Å². The molecule has 1 rings (SSSR count). The molecule has 0 radical (unpaired) electrons. The maximum absolute atomic E-state index is 11.0. The summed E-state index contributed by atoms with van der Waals surface area (Å²) in [6.45, 7) is 4.09. The normalized spacial score (nSPS) is 17.7. The summed E-state index contributed by atoms with van der Waals surface area (Å²) in [5.74, 6) is -0.712. The van der Waals surface area contributed by atoms with E-state index in [-0.39, 0.29) is 6.04 Å². The average Bonchev–Trinajstić information content (AvgIpc) is 3.04. The van der Waals surface area contributed by atoms with Crippen molar-refractivity contribution in [3.8, 4) is 0 Å². The maximum atomic E-state index is 11.0. The largest absolute Gasteiger partial charge is 0.480 e. The topological polar surface area (TPSA) is 52.6 Å². The molecule has 1 saturated carbocycles. The van der Waals surface area contributed by atoms with Crippen LogP contribution in [0.15, 0.2) is 0 Å². The fraction of sp³-hybridized carbons (Fsp3) is 0.917. The molecule has 4 heteroatoms. The molecule has 1 fully saturated rings. The summed E-state index contributed by atoms with van der Waals surface area (Å²) in [6.07, 6.45) is 5.34. The number of carboxylic acids is 1. The van der Waals surface area contributed by atoms with Gasteiger partial charge in [0.25, 0.3) is 0 Å². The maximum Gasteiger partial charge on any atom is 0.320 e. The van der Waals surface area contributed by atoms with Gasteiger partial charge in [-0.2, -0.15) is 0 Å². The minimum atomic E-state index is -0.712. The predicted octanol–water partition coefficient (Wildman–Crippen LogP) is 1.31. The Bertz CT molecular complexity index is 217. The first-order valence-corrected chi connectivity index (χ1v) is 6.31. The molecule has 0 saturated heterocycles. The van der Waals surface area contributed by atoms with E-state index in [1.807, 2.05) is 0 Å². The summed E-state index contributed by atoms with van der Waals surface area (Å²) in [5, 5.41) is 12.2. The van der Waals surface area contributed by atoms with E-state index in [1.54, 1.807) is 0 Å². The molecule has 0 aromatic heterocycles. The highest BCUT2D eigenvalue weighted by atomic mass is 16.4. The first-order chi connectivity index (χ1) is 7.63. The molecule has 1 unspecified atom stereocenters. The number of carboxylic acid groups (broad SMARTS) is 1. The van der Waals surface area contributed by atoms with Gasteiger partial charge in [-0.05, 0) is 45.8 Å². The van der Waals surface area contributed by atoms with Gasteiger partial charge in [-0.25, -0.2) is 0 Å². The van der Waals surface area contributed by atoms with Gasteiger partial charge in [0, 0.05) is 6.04 Å². The number of hydrogen-bond donors (Lipinski definition) is 2. The van der Waals surface area contributed by atoms with Crippen molar-refractivity contribution in [3.63, 3.8) is 0 Å². The molecule has 0 aliphatic heterocycles.